The molecule has 1 saturated heterocycles. The second kappa shape index (κ2) is 6.34. The summed E-state index contributed by atoms with van der Waals surface area (Å²) in [4.78, 5) is 12.2. The van der Waals surface area contributed by atoms with Crippen LogP contribution in [0.4, 0.5) is 5.69 Å². The van der Waals surface area contributed by atoms with Crippen LogP contribution < -0.4 is 10.6 Å². The average molecular weight is 298 g/mol. The van der Waals surface area contributed by atoms with Crippen LogP contribution in [0.3, 0.4) is 0 Å². The van der Waals surface area contributed by atoms with E-state index in [1.165, 1.54) is 12.1 Å². The minimum atomic E-state index is -3.21. The summed E-state index contributed by atoms with van der Waals surface area (Å²) in [5.41, 5.74) is 0.555. The Morgan fingerprint density at radius 1 is 1.40 bits per heavy atom. The fraction of sp³-hybridized carbons (Fsp3) is 0.462. The molecule has 1 unspecified atom stereocenters. The lowest BCUT2D eigenvalue weighted by molar-refractivity contribution is -0.128. The molecule has 1 heterocycles. The molecule has 1 amide bonds. The molecule has 2 N–H and O–H groups in total. The summed E-state index contributed by atoms with van der Waals surface area (Å²) in [6.45, 7) is 3.33. The van der Waals surface area contributed by atoms with Gasteiger partial charge < -0.3 is 15.4 Å². The summed E-state index contributed by atoms with van der Waals surface area (Å²) in [5.74, 6) is -0.177. The van der Waals surface area contributed by atoms with E-state index >= 15 is 0 Å². The lowest BCUT2D eigenvalue weighted by Crippen LogP contribution is -2.45. The fourth-order valence-electron chi connectivity index (χ4n) is 1.87. The van der Waals surface area contributed by atoms with Crippen molar-refractivity contribution in [2.45, 2.75) is 17.9 Å². The zero-order valence-corrected chi connectivity index (χ0v) is 12.1. The Kier molecular flexibility index (Phi) is 4.74. The maximum absolute atomic E-state index is 11.9. The summed E-state index contributed by atoms with van der Waals surface area (Å²) >= 11 is 0. The number of amides is 1. The van der Waals surface area contributed by atoms with Gasteiger partial charge in [0.2, 0.25) is 0 Å². The topological polar surface area (TPSA) is 84.5 Å². The van der Waals surface area contributed by atoms with E-state index in [1.54, 1.807) is 19.1 Å². The molecule has 1 aliphatic heterocycles. The molecule has 2 rings (SSSR count). The first-order valence-electron chi connectivity index (χ1n) is 6.49. The normalized spacial score (nSPS) is 19.6. The molecule has 1 aromatic rings. The monoisotopic (exact) mass is 298 g/mol. The molecule has 6 nitrogen and oxygen atoms in total. The summed E-state index contributed by atoms with van der Waals surface area (Å²) in [6, 6.07) is 6.15. The van der Waals surface area contributed by atoms with Gasteiger partial charge in [-0.25, -0.2) is 8.42 Å². The quantitative estimate of drug-likeness (QED) is 0.841. The molecule has 1 atom stereocenters. The van der Waals surface area contributed by atoms with E-state index in [0.29, 0.717) is 18.8 Å². The molecule has 1 aliphatic rings. The predicted octanol–water partition coefficient (Wildman–Crippen LogP) is 0.407. The van der Waals surface area contributed by atoms with Gasteiger partial charge in [-0.2, -0.15) is 0 Å². The van der Waals surface area contributed by atoms with E-state index in [-0.39, 0.29) is 16.6 Å². The molecule has 1 aromatic carbocycles. The van der Waals surface area contributed by atoms with Crippen molar-refractivity contribution >= 4 is 21.4 Å². The van der Waals surface area contributed by atoms with Gasteiger partial charge in [0.15, 0.2) is 9.84 Å². The van der Waals surface area contributed by atoms with Gasteiger partial charge in [0.25, 0.3) is 5.91 Å². The van der Waals surface area contributed by atoms with Crippen molar-refractivity contribution in [3.8, 4) is 0 Å². The van der Waals surface area contributed by atoms with Gasteiger partial charge in [0.1, 0.15) is 6.10 Å². The van der Waals surface area contributed by atoms with Crippen LogP contribution in [0.25, 0.3) is 0 Å². The Bertz CT molecular complexity index is 563. The molecule has 0 spiro atoms. The van der Waals surface area contributed by atoms with E-state index in [1.807, 2.05) is 0 Å². The SMILES string of the molecule is CCS(=O)(=O)c1ccc(NC(=O)C2CNCCO2)cc1. The third kappa shape index (κ3) is 3.56. The van der Waals surface area contributed by atoms with Crippen molar-refractivity contribution in [3.05, 3.63) is 24.3 Å². The zero-order chi connectivity index (χ0) is 14.6. The first-order chi connectivity index (χ1) is 9.53. The van der Waals surface area contributed by atoms with Crippen LogP contribution in [-0.4, -0.2) is 45.9 Å². The summed E-state index contributed by atoms with van der Waals surface area (Å²) in [7, 11) is -3.21. The first kappa shape index (κ1) is 15.0. The van der Waals surface area contributed by atoms with Gasteiger partial charge in [0.05, 0.1) is 17.3 Å². The van der Waals surface area contributed by atoms with Crippen LogP contribution in [0.15, 0.2) is 29.2 Å². The Morgan fingerprint density at radius 2 is 2.10 bits per heavy atom. The van der Waals surface area contributed by atoms with Gasteiger partial charge in [-0.3, -0.25) is 4.79 Å². The van der Waals surface area contributed by atoms with E-state index in [9.17, 15) is 13.2 Å². The lowest BCUT2D eigenvalue weighted by Gasteiger charge is -2.22. The van der Waals surface area contributed by atoms with Crippen LogP contribution in [0.1, 0.15) is 6.92 Å². The molecule has 7 heteroatoms. The molecule has 0 saturated carbocycles. The Morgan fingerprint density at radius 3 is 2.65 bits per heavy atom. The molecular formula is C13H18N2O4S. The van der Waals surface area contributed by atoms with Gasteiger partial charge in [-0.05, 0) is 24.3 Å². The molecule has 0 aliphatic carbocycles. The lowest BCUT2D eigenvalue weighted by atomic mass is 10.2. The number of morpholine rings is 1. The van der Waals surface area contributed by atoms with Gasteiger partial charge in [-0.15, -0.1) is 0 Å². The van der Waals surface area contributed by atoms with E-state index in [2.05, 4.69) is 10.6 Å². The summed E-state index contributed by atoms with van der Waals surface area (Å²) < 4.78 is 28.7. The number of ether oxygens (including phenoxy) is 1. The fourth-order valence-corrected chi connectivity index (χ4v) is 2.75. The maximum Gasteiger partial charge on any atom is 0.254 e. The number of benzene rings is 1. The largest absolute Gasteiger partial charge is 0.366 e. The summed E-state index contributed by atoms with van der Waals surface area (Å²) in [5, 5.41) is 5.78. The number of sulfone groups is 1. The van der Waals surface area contributed by atoms with E-state index in [0.717, 1.165) is 6.54 Å². The van der Waals surface area contributed by atoms with E-state index < -0.39 is 15.9 Å². The van der Waals surface area contributed by atoms with Crippen LogP contribution in [0.2, 0.25) is 0 Å². The van der Waals surface area contributed by atoms with Gasteiger partial charge >= 0.3 is 0 Å². The number of hydrogen-bond donors (Lipinski definition) is 2. The van der Waals surface area contributed by atoms with Crippen LogP contribution in [-0.2, 0) is 19.4 Å². The molecule has 0 aromatic heterocycles. The highest BCUT2D eigenvalue weighted by Gasteiger charge is 2.21. The third-order valence-corrected chi connectivity index (χ3v) is 4.83. The smallest absolute Gasteiger partial charge is 0.254 e. The second-order valence-corrected chi connectivity index (χ2v) is 6.76. The zero-order valence-electron chi connectivity index (χ0n) is 11.3. The maximum atomic E-state index is 11.9. The van der Waals surface area contributed by atoms with Gasteiger partial charge in [0, 0.05) is 18.8 Å². The van der Waals surface area contributed by atoms with Crippen molar-refractivity contribution in [2.24, 2.45) is 0 Å². The number of rotatable bonds is 4. The Balaban J connectivity index is 2.02. The van der Waals surface area contributed by atoms with Crippen LogP contribution in [0, 0.1) is 0 Å². The molecule has 110 valence electrons. The summed E-state index contributed by atoms with van der Waals surface area (Å²) in [6.07, 6.45) is -0.511. The molecule has 20 heavy (non-hydrogen) atoms. The van der Waals surface area contributed by atoms with Crippen LogP contribution in [0.5, 0.6) is 0 Å². The highest BCUT2D eigenvalue weighted by atomic mass is 32.2. The van der Waals surface area contributed by atoms with Gasteiger partial charge in [-0.1, -0.05) is 6.92 Å². The van der Waals surface area contributed by atoms with E-state index in [4.69, 9.17) is 4.74 Å². The number of anilines is 1. The molecular weight excluding hydrogens is 280 g/mol. The Labute approximate surface area is 118 Å². The highest BCUT2D eigenvalue weighted by Crippen LogP contribution is 2.15. The predicted molar refractivity (Wildman–Crippen MR) is 75.4 cm³/mol. The first-order valence-corrected chi connectivity index (χ1v) is 8.14. The molecule has 0 bridgehead atoms. The number of carbonyl (C=O) groups is 1. The number of nitrogens with one attached hydrogen (secondary N) is 2. The Hall–Kier alpha value is -1.44. The number of hydrogen-bond acceptors (Lipinski definition) is 5. The van der Waals surface area contributed by atoms with Crippen molar-refractivity contribution in [1.82, 2.24) is 5.32 Å². The standard InChI is InChI=1S/C13H18N2O4S/c1-2-20(17,18)11-5-3-10(4-6-11)15-13(16)12-9-14-7-8-19-12/h3-6,12,14H,2,7-9H2,1H3,(H,15,16). The average Bonchev–Trinajstić information content (AvgIpc) is 2.48. The third-order valence-electron chi connectivity index (χ3n) is 3.08. The molecule has 1 fully saturated rings. The van der Waals surface area contributed by atoms with Crippen molar-refractivity contribution in [1.29, 1.82) is 0 Å². The van der Waals surface area contributed by atoms with Crippen molar-refractivity contribution in [3.63, 3.8) is 0 Å². The van der Waals surface area contributed by atoms with Crippen molar-refractivity contribution < 1.29 is 17.9 Å². The number of carbonyl (C=O) groups excluding carboxylic acids is 1. The minimum absolute atomic E-state index is 0.0558. The second-order valence-electron chi connectivity index (χ2n) is 4.48. The highest BCUT2D eigenvalue weighted by molar-refractivity contribution is 7.91. The minimum Gasteiger partial charge on any atom is -0.366 e. The van der Waals surface area contributed by atoms with Crippen molar-refractivity contribution in [2.75, 3.05) is 30.8 Å². The van der Waals surface area contributed by atoms with Crippen LogP contribution >= 0.6 is 0 Å². The molecule has 0 radical (unpaired) electrons.